The first kappa shape index (κ1) is 32.5. The van der Waals surface area contributed by atoms with Crippen LogP contribution < -0.4 is 5.32 Å². The topological polar surface area (TPSA) is 205 Å². The lowest BCUT2D eigenvalue weighted by Crippen LogP contribution is -2.50. The Morgan fingerprint density at radius 1 is 1.04 bits per heavy atom. The van der Waals surface area contributed by atoms with Crippen LogP contribution in [0.25, 0.3) is 0 Å². The van der Waals surface area contributed by atoms with Crippen molar-refractivity contribution >= 4 is 23.0 Å². The number of ether oxygens (including phenoxy) is 4. The number of carbonyl (C=O) groups excluding carboxylic acids is 3. The molecule has 2 aliphatic carbocycles. The molecule has 0 spiro atoms. The fraction of sp³-hybridized carbons (Fsp3) is 0.531. The number of nitrogens with zero attached hydrogens (tertiary/aromatic N) is 1. The molecule has 3 heterocycles. The van der Waals surface area contributed by atoms with Crippen molar-refractivity contribution in [1.82, 2.24) is 4.90 Å². The molecule has 6 N–H and O–H groups in total. The van der Waals surface area contributed by atoms with E-state index in [1.807, 2.05) is 0 Å². The number of anilines is 1. The van der Waals surface area contributed by atoms with E-state index < -0.39 is 53.8 Å². The number of fused-ring (bicyclic) bond motifs is 6. The van der Waals surface area contributed by atoms with Gasteiger partial charge in [-0.2, -0.15) is 0 Å². The zero-order chi connectivity index (χ0) is 32.7. The first-order valence-electron chi connectivity index (χ1n) is 15.3. The van der Waals surface area contributed by atoms with Gasteiger partial charge < -0.3 is 49.8 Å². The monoisotopic (exact) mass is 642 g/mol. The lowest BCUT2D eigenvalue weighted by atomic mass is 9.73. The smallest absolute Gasteiger partial charge is 0.200 e. The maximum absolute atomic E-state index is 14.0. The summed E-state index contributed by atoms with van der Waals surface area (Å²) < 4.78 is 24.1. The van der Waals surface area contributed by atoms with Gasteiger partial charge in [-0.3, -0.25) is 19.3 Å². The van der Waals surface area contributed by atoms with Crippen molar-refractivity contribution in [3.05, 3.63) is 51.6 Å². The Balaban J connectivity index is 0.00000182. The molecule has 5 aliphatic rings. The summed E-state index contributed by atoms with van der Waals surface area (Å²) in [7, 11) is 1.00. The highest BCUT2D eigenvalue weighted by atomic mass is 16.7. The van der Waals surface area contributed by atoms with Crippen LogP contribution in [0.15, 0.2) is 18.2 Å². The van der Waals surface area contributed by atoms with Gasteiger partial charge in [0.25, 0.3) is 0 Å². The van der Waals surface area contributed by atoms with Crippen molar-refractivity contribution in [1.29, 1.82) is 0 Å². The third-order valence-electron chi connectivity index (χ3n) is 9.40. The fourth-order valence-corrected chi connectivity index (χ4v) is 7.36. The van der Waals surface area contributed by atoms with E-state index in [-0.39, 0.29) is 84.4 Å². The summed E-state index contributed by atoms with van der Waals surface area (Å²) in [6, 6.07) is 4.64. The molecule has 0 radical (unpaired) electrons. The molecular weight excluding hydrogens is 604 g/mol. The van der Waals surface area contributed by atoms with Crippen molar-refractivity contribution in [3.63, 3.8) is 0 Å². The van der Waals surface area contributed by atoms with E-state index in [0.717, 1.165) is 7.11 Å². The summed E-state index contributed by atoms with van der Waals surface area (Å²) in [6.07, 6.45) is -1.64. The number of phenolic OH excluding ortho intramolecular Hbond substituents is 2. The average Bonchev–Trinajstić information content (AvgIpc) is 3.45. The lowest BCUT2D eigenvalue weighted by Gasteiger charge is -2.39. The first-order chi connectivity index (χ1) is 22.3. The highest BCUT2D eigenvalue weighted by Gasteiger charge is 2.49. The number of carbonyl (C=O) groups is 3. The van der Waals surface area contributed by atoms with Crippen molar-refractivity contribution < 1.29 is 58.9 Å². The molecule has 0 aromatic heterocycles. The van der Waals surface area contributed by atoms with Crippen LogP contribution >= 0.6 is 0 Å². The van der Waals surface area contributed by atoms with Crippen LogP contribution in [-0.4, -0.2) is 126 Å². The number of morpholine rings is 1. The molecule has 3 aliphatic heterocycles. The molecule has 0 bridgehead atoms. The molecule has 46 heavy (non-hydrogen) atoms. The fourth-order valence-electron chi connectivity index (χ4n) is 7.36. The zero-order valence-corrected chi connectivity index (χ0v) is 25.3. The predicted molar refractivity (Wildman–Crippen MR) is 159 cm³/mol. The number of nitrogens with one attached hydrogen (secondary N) is 1. The molecule has 3 fully saturated rings. The Kier molecular flexibility index (Phi) is 9.41. The van der Waals surface area contributed by atoms with Gasteiger partial charge in [-0.25, -0.2) is 0 Å². The number of Topliss-reactive ketones (excluding diaryl/α,β-unsaturated/α-hetero) is 1. The van der Waals surface area contributed by atoms with Gasteiger partial charge in [-0.1, -0.05) is 12.1 Å². The maximum atomic E-state index is 14.0. The second kappa shape index (κ2) is 13.3. The molecule has 14 nitrogen and oxygen atoms in total. The number of ketones is 3. The minimum absolute atomic E-state index is 0.00616. The van der Waals surface area contributed by atoms with E-state index in [2.05, 4.69) is 10.2 Å². The molecule has 0 amide bonds. The highest BCUT2D eigenvalue weighted by molar-refractivity contribution is 6.32. The lowest BCUT2D eigenvalue weighted by molar-refractivity contribution is -0.217. The van der Waals surface area contributed by atoms with Crippen molar-refractivity contribution in [2.75, 3.05) is 58.6 Å². The van der Waals surface area contributed by atoms with E-state index in [0.29, 0.717) is 31.9 Å². The summed E-state index contributed by atoms with van der Waals surface area (Å²) in [5.74, 6) is -3.57. The summed E-state index contributed by atoms with van der Waals surface area (Å²) in [5, 5.41) is 52.2. The van der Waals surface area contributed by atoms with E-state index in [1.165, 1.54) is 6.07 Å². The number of rotatable bonds is 7. The van der Waals surface area contributed by atoms with E-state index in [9.17, 15) is 34.8 Å². The van der Waals surface area contributed by atoms with Crippen LogP contribution in [0.4, 0.5) is 5.69 Å². The second-order valence-corrected chi connectivity index (χ2v) is 11.8. The molecule has 3 saturated heterocycles. The van der Waals surface area contributed by atoms with Crippen molar-refractivity contribution in [3.8, 4) is 11.5 Å². The Morgan fingerprint density at radius 2 is 1.83 bits per heavy atom. The Morgan fingerprint density at radius 3 is 2.59 bits per heavy atom. The molecule has 7 rings (SSSR count). The van der Waals surface area contributed by atoms with Crippen LogP contribution in [0.5, 0.6) is 11.5 Å². The Hall–Kier alpha value is -3.47. The maximum Gasteiger partial charge on any atom is 0.200 e. The SMILES string of the molecule is CO.O=C1c2cccc(NCCO)c2C(=O)c2c(O)c3c(c(O)c21)CC(C(=O)CO)C[C@@H]3OC1C[C@H]2C(CO1)OC1COCCN12. The van der Waals surface area contributed by atoms with Gasteiger partial charge in [0.1, 0.15) is 24.3 Å². The molecule has 2 aromatic carbocycles. The summed E-state index contributed by atoms with van der Waals surface area (Å²) in [6.45, 7) is 1.20. The molecule has 248 valence electrons. The van der Waals surface area contributed by atoms with Gasteiger partial charge in [-0.05, 0) is 18.9 Å². The standard InChI is InChI=1S/C31H34N2O11.CH4O/c34-6-4-32-17-3-1-2-15-24(17)30(39)27-26(28(15)37)29(38)16-8-14(19(36)11-35)9-20(25(16)31(27)40)44-23-10-18-21(12-42-23)43-22-13-41-7-5-33(18)22;1-2/h1-3,14,18,20-23,32,34-35,38,40H,4-13H2;2H,1H3/t14?,18-,20-,21?,22?,23?;/m0./s1. The highest BCUT2D eigenvalue weighted by Crippen LogP contribution is 2.51. The number of benzene rings is 2. The zero-order valence-electron chi connectivity index (χ0n) is 25.3. The summed E-state index contributed by atoms with van der Waals surface area (Å²) >= 11 is 0. The minimum atomic E-state index is -0.994. The normalized spacial score (nSPS) is 28.2. The van der Waals surface area contributed by atoms with Gasteiger partial charge in [0.2, 0.25) is 0 Å². The minimum Gasteiger partial charge on any atom is -0.507 e. The molecule has 0 saturated carbocycles. The average molecular weight is 643 g/mol. The Labute approximate surface area is 264 Å². The van der Waals surface area contributed by atoms with Crippen LogP contribution in [0.2, 0.25) is 0 Å². The van der Waals surface area contributed by atoms with Crippen LogP contribution in [0, 0.1) is 5.92 Å². The van der Waals surface area contributed by atoms with Crippen molar-refractivity contribution in [2.24, 2.45) is 5.92 Å². The number of aromatic hydroxyl groups is 2. The number of phenols is 2. The largest absolute Gasteiger partial charge is 0.507 e. The quantitative estimate of drug-likeness (QED) is 0.191. The Bertz CT molecular complexity index is 1530. The van der Waals surface area contributed by atoms with E-state index >= 15 is 0 Å². The van der Waals surface area contributed by atoms with Crippen LogP contribution in [0.3, 0.4) is 0 Å². The third kappa shape index (κ3) is 5.38. The van der Waals surface area contributed by atoms with Crippen LogP contribution in [-0.2, 0) is 30.2 Å². The third-order valence-corrected chi connectivity index (χ3v) is 9.40. The number of aliphatic hydroxyl groups excluding tert-OH is 3. The number of aliphatic hydroxyl groups is 3. The van der Waals surface area contributed by atoms with Gasteiger partial charge in [0, 0.05) is 61.0 Å². The second-order valence-electron chi connectivity index (χ2n) is 11.8. The van der Waals surface area contributed by atoms with E-state index in [4.69, 9.17) is 24.1 Å². The molecule has 4 unspecified atom stereocenters. The van der Waals surface area contributed by atoms with Gasteiger partial charge in [0.15, 0.2) is 23.6 Å². The van der Waals surface area contributed by atoms with Crippen molar-refractivity contribution in [2.45, 2.75) is 50.0 Å². The number of hydrogen-bond donors (Lipinski definition) is 6. The predicted octanol–water partition coefficient (Wildman–Crippen LogP) is 0.239. The van der Waals surface area contributed by atoms with E-state index in [1.54, 1.807) is 12.1 Å². The molecular formula is C32H38N2O12. The molecule has 14 heteroatoms. The molecule has 2 aromatic rings. The van der Waals surface area contributed by atoms with Gasteiger partial charge in [0.05, 0.1) is 55.3 Å². The first-order valence-corrected chi connectivity index (χ1v) is 15.3. The van der Waals surface area contributed by atoms with Gasteiger partial charge in [-0.15, -0.1) is 0 Å². The summed E-state index contributed by atoms with van der Waals surface area (Å²) in [5.41, 5.74) is -0.0749. The molecule has 6 atom stereocenters. The van der Waals surface area contributed by atoms with Gasteiger partial charge >= 0.3 is 0 Å². The van der Waals surface area contributed by atoms with Crippen LogP contribution in [0.1, 0.15) is 61.9 Å². The number of hydrogen-bond acceptors (Lipinski definition) is 14. The summed E-state index contributed by atoms with van der Waals surface area (Å²) in [4.78, 5) is 42.7.